The van der Waals surface area contributed by atoms with Crippen LogP contribution in [0.4, 0.5) is 11.5 Å². The van der Waals surface area contributed by atoms with E-state index >= 15 is 0 Å². The number of rotatable bonds is 2. The normalized spacial score (nSPS) is 10.8. The minimum absolute atomic E-state index is 0.180. The van der Waals surface area contributed by atoms with Crippen molar-refractivity contribution >= 4 is 56.7 Å². The van der Waals surface area contributed by atoms with Gasteiger partial charge < -0.3 is 5.32 Å². The molecule has 0 saturated carbocycles. The van der Waals surface area contributed by atoms with Gasteiger partial charge in [-0.05, 0) is 58.5 Å². The van der Waals surface area contributed by atoms with Gasteiger partial charge in [-0.25, -0.2) is 0 Å². The third-order valence-electron chi connectivity index (χ3n) is 2.39. The van der Waals surface area contributed by atoms with E-state index < -0.39 is 0 Å². The van der Waals surface area contributed by atoms with Crippen molar-refractivity contribution in [1.29, 1.82) is 0 Å². The van der Waals surface area contributed by atoms with Crippen LogP contribution in [-0.2, 0) is 0 Å². The molecule has 2 N–H and O–H groups in total. The maximum absolute atomic E-state index is 5.86. The Labute approximate surface area is 121 Å². The Morgan fingerprint density at radius 2 is 1.94 bits per heavy atom. The molecule has 0 aliphatic heterocycles. The largest absolute Gasteiger partial charge is 0.339 e. The second-order valence-electron chi connectivity index (χ2n) is 3.61. The molecule has 0 aliphatic rings. The number of hydrogen-bond acceptors (Lipinski definition) is 4. The van der Waals surface area contributed by atoms with Crippen molar-refractivity contribution < 1.29 is 0 Å². The highest BCUT2D eigenvalue weighted by molar-refractivity contribution is 14.1. The van der Waals surface area contributed by atoms with Gasteiger partial charge in [-0.1, -0.05) is 0 Å². The molecule has 5 nitrogen and oxygen atoms in total. The van der Waals surface area contributed by atoms with Crippen LogP contribution < -0.4 is 5.32 Å². The first kappa shape index (κ1) is 11.7. The van der Waals surface area contributed by atoms with E-state index in [0.717, 1.165) is 11.1 Å². The average molecular weight is 372 g/mol. The van der Waals surface area contributed by atoms with E-state index in [4.69, 9.17) is 11.6 Å². The molecule has 0 saturated heterocycles. The number of nitrogens with zero attached hydrogens (tertiary/aromatic N) is 3. The van der Waals surface area contributed by atoms with E-state index in [2.05, 4.69) is 48.1 Å². The molecule has 0 amide bonds. The van der Waals surface area contributed by atoms with Gasteiger partial charge in [0, 0.05) is 9.26 Å². The van der Waals surface area contributed by atoms with Crippen LogP contribution in [0.15, 0.2) is 30.5 Å². The van der Waals surface area contributed by atoms with Crippen molar-refractivity contribution in [2.45, 2.75) is 0 Å². The smallest absolute Gasteiger partial charge is 0.226 e. The van der Waals surface area contributed by atoms with Crippen LogP contribution >= 0.6 is 34.2 Å². The minimum atomic E-state index is 0.180. The summed E-state index contributed by atoms with van der Waals surface area (Å²) in [5.74, 6) is 0.639. The fraction of sp³-hybridized carbons (Fsp3) is 0. The van der Waals surface area contributed by atoms with Gasteiger partial charge in [0.15, 0.2) is 5.65 Å². The summed E-state index contributed by atoms with van der Waals surface area (Å²) >= 11 is 8.12. The van der Waals surface area contributed by atoms with Gasteiger partial charge in [0.25, 0.3) is 0 Å². The number of halogens is 2. The van der Waals surface area contributed by atoms with Crippen LogP contribution in [0.2, 0.25) is 5.28 Å². The molecule has 3 aromatic rings. The number of benzene rings is 1. The van der Waals surface area contributed by atoms with Gasteiger partial charge in [0.1, 0.15) is 5.82 Å². The lowest BCUT2D eigenvalue weighted by Crippen LogP contribution is -1.96. The molecule has 0 unspecified atom stereocenters. The molecule has 0 bridgehead atoms. The summed E-state index contributed by atoms with van der Waals surface area (Å²) in [6.07, 6.45) is 1.67. The fourth-order valence-corrected chi connectivity index (χ4v) is 2.10. The number of nitrogens with one attached hydrogen (secondary N) is 2. The molecular formula is C11H7ClIN5. The third-order valence-corrected chi connectivity index (χ3v) is 3.28. The monoisotopic (exact) mass is 371 g/mol. The first-order valence-electron chi connectivity index (χ1n) is 5.11. The third kappa shape index (κ3) is 2.25. The van der Waals surface area contributed by atoms with Gasteiger partial charge in [-0.2, -0.15) is 15.1 Å². The lowest BCUT2D eigenvalue weighted by Gasteiger charge is -2.06. The summed E-state index contributed by atoms with van der Waals surface area (Å²) in [7, 11) is 0. The van der Waals surface area contributed by atoms with Gasteiger partial charge in [0.2, 0.25) is 5.28 Å². The van der Waals surface area contributed by atoms with Crippen molar-refractivity contribution in [3.05, 3.63) is 39.3 Å². The predicted octanol–water partition coefficient (Wildman–Crippen LogP) is 3.35. The molecule has 1 aromatic carbocycles. The number of hydrogen-bond donors (Lipinski definition) is 2. The van der Waals surface area contributed by atoms with Crippen molar-refractivity contribution in [3.63, 3.8) is 0 Å². The zero-order chi connectivity index (χ0) is 12.5. The first-order chi connectivity index (χ1) is 8.72. The van der Waals surface area contributed by atoms with E-state index in [9.17, 15) is 0 Å². The first-order valence-corrected chi connectivity index (χ1v) is 6.57. The second kappa shape index (κ2) is 4.69. The SMILES string of the molecule is Clc1nc(Nc2ccc(I)cc2)c2cn[nH]c2n1. The summed E-state index contributed by atoms with van der Waals surface area (Å²) in [4.78, 5) is 8.22. The molecule has 2 heterocycles. The van der Waals surface area contributed by atoms with Crippen LogP contribution in [0.5, 0.6) is 0 Å². The Hall–Kier alpha value is -1.41. The second-order valence-corrected chi connectivity index (χ2v) is 5.19. The molecule has 3 rings (SSSR count). The van der Waals surface area contributed by atoms with Crippen molar-refractivity contribution in [2.75, 3.05) is 5.32 Å². The maximum atomic E-state index is 5.86. The molecular weight excluding hydrogens is 365 g/mol. The van der Waals surface area contributed by atoms with Gasteiger partial charge in [-0.3, -0.25) is 5.10 Å². The predicted molar refractivity (Wildman–Crippen MR) is 79.1 cm³/mol. The highest BCUT2D eigenvalue weighted by atomic mass is 127. The van der Waals surface area contributed by atoms with Crippen LogP contribution in [-0.4, -0.2) is 20.2 Å². The molecule has 7 heteroatoms. The van der Waals surface area contributed by atoms with E-state index in [0.29, 0.717) is 11.5 Å². The topological polar surface area (TPSA) is 66.5 Å². The molecule has 2 aromatic heterocycles. The van der Waals surface area contributed by atoms with Crippen LogP contribution in [0.3, 0.4) is 0 Å². The van der Waals surface area contributed by atoms with Gasteiger partial charge in [0.05, 0.1) is 11.6 Å². The summed E-state index contributed by atoms with van der Waals surface area (Å²) in [5, 5.41) is 10.9. The zero-order valence-corrected chi connectivity index (χ0v) is 11.9. The van der Waals surface area contributed by atoms with E-state index in [1.165, 1.54) is 3.57 Å². The maximum Gasteiger partial charge on any atom is 0.226 e. The quantitative estimate of drug-likeness (QED) is 0.535. The number of anilines is 2. The van der Waals surface area contributed by atoms with E-state index in [-0.39, 0.29) is 5.28 Å². The highest BCUT2D eigenvalue weighted by Gasteiger charge is 2.08. The Morgan fingerprint density at radius 1 is 1.17 bits per heavy atom. The number of aromatic amines is 1. The standard InChI is InChI=1S/C11H7ClIN5/c12-11-16-9(8-5-14-18-10(8)17-11)15-7-3-1-6(13)2-4-7/h1-5H,(H2,14,15,16,17,18). The average Bonchev–Trinajstić information content (AvgIpc) is 2.80. The van der Waals surface area contributed by atoms with Crippen LogP contribution in [0.25, 0.3) is 11.0 Å². The van der Waals surface area contributed by atoms with Crippen molar-refractivity contribution in [1.82, 2.24) is 20.2 Å². The summed E-state index contributed by atoms with van der Waals surface area (Å²) in [6.45, 7) is 0. The summed E-state index contributed by atoms with van der Waals surface area (Å²) < 4.78 is 1.17. The molecule has 0 fully saturated rings. The van der Waals surface area contributed by atoms with Crippen LogP contribution in [0.1, 0.15) is 0 Å². The minimum Gasteiger partial charge on any atom is -0.339 e. The van der Waals surface area contributed by atoms with Crippen molar-refractivity contribution in [3.8, 4) is 0 Å². The molecule has 0 atom stereocenters. The molecule has 0 radical (unpaired) electrons. The Balaban J connectivity index is 2.03. The lowest BCUT2D eigenvalue weighted by atomic mass is 10.3. The lowest BCUT2D eigenvalue weighted by molar-refractivity contribution is 1.09. The summed E-state index contributed by atoms with van der Waals surface area (Å²) in [5.41, 5.74) is 1.55. The van der Waals surface area contributed by atoms with E-state index in [1.54, 1.807) is 6.20 Å². The molecule has 0 spiro atoms. The van der Waals surface area contributed by atoms with E-state index in [1.807, 2.05) is 24.3 Å². The van der Waals surface area contributed by atoms with Gasteiger partial charge >= 0.3 is 0 Å². The molecule has 0 aliphatic carbocycles. The van der Waals surface area contributed by atoms with Gasteiger partial charge in [-0.15, -0.1) is 0 Å². The van der Waals surface area contributed by atoms with Crippen LogP contribution in [0, 0.1) is 3.57 Å². The Morgan fingerprint density at radius 3 is 2.72 bits per heavy atom. The Kier molecular flexibility index (Phi) is 3.04. The molecule has 90 valence electrons. The molecule has 18 heavy (non-hydrogen) atoms. The number of fused-ring (bicyclic) bond motifs is 1. The Bertz CT molecular complexity index is 694. The summed E-state index contributed by atoms with van der Waals surface area (Å²) in [6, 6.07) is 7.98. The fourth-order valence-electron chi connectivity index (χ4n) is 1.57. The van der Waals surface area contributed by atoms with Crippen molar-refractivity contribution in [2.24, 2.45) is 0 Å². The highest BCUT2D eigenvalue weighted by Crippen LogP contribution is 2.24. The zero-order valence-electron chi connectivity index (χ0n) is 8.98. The number of H-pyrrole nitrogens is 1. The number of aromatic nitrogens is 4.